The van der Waals surface area contributed by atoms with Gasteiger partial charge in [0.25, 0.3) is 0 Å². The van der Waals surface area contributed by atoms with E-state index in [9.17, 15) is 4.79 Å². The van der Waals surface area contributed by atoms with Crippen molar-refractivity contribution in [1.29, 1.82) is 0 Å². The van der Waals surface area contributed by atoms with Gasteiger partial charge in [0.1, 0.15) is 18.8 Å². The highest BCUT2D eigenvalue weighted by Crippen LogP contribution is 2.07. The van der Waals surface area contributed by atoms with Gasteiger partial charge in [-0.15, -0.1) is 0 Å². The first-order valence-electron chi connectivity index (χ1n) is 3.92. The maximum Gasteiger partial charge on any atom is 0.313 e. The highest BCUT2D eigenvalue weighted by atomic mass is 16.5. The fourth-order valence-electron chi connectivity index (χ4n) is 0.806. The number of benzene rings is 1. The first-order valence-corrected chi connectivity index (χ1v) is 3.92. The van der Waals surface area contributed by atoms with Crippen LogP contribution in [0.2, 0.25) is 0 Å². The Labute approximate surface area is 77.3 Å². The van der Waals surface area contributed by atoms with Crippen molar-refractivity contribution in [1.82, 2.24) is 0 Å². The standard InChI is InChI=1S/C10H11O3/c1-12-10(11)7-8-13-9-5-3-2-4-6-9/h2-7H,8H2,1H3. The zero-order chi connectivity index (χ0) is 9.52. The molecule has 0 saturated carbocycles. The van der Waals surface area contributed by atoms with Crippen molar-refractivity contribution in [3.63, 3.8) is 0 Å². The number of carbonyl (C=O) groups excluding carboxylic acids is 1. The Morgan fingerprint density at radius 3 is 2.69 bits per heavy atom. The second-order valence-corrected chi connectivity index (χ2v) is 2.35. The van der Waals surface area contributed by atoms with E-state index in [0.717, 1.165) is 5.75 Å². The van der Waals surface area contributed by atoms with E-state index in [4.69, 9.17) is 4.74 Å². The maximum absolute atomic E-state index is 10.6. The number of ether oxygens (including phenoxy) is 2. The molecule has 1 rings (SSSR count). The number of para-hydroxylation sites is 1. The molecule has 3 nitrogen and oxygen atoms in total. The molecule has 3 heteroatoms. The highest BCUT2D eigenvalue weighted by molar-refractivity contribution is 5.78. The Balaban J connectivity index is 2.24. The summed E-state index contributed by atoms with van der Waals surface area (Å²) in [4.78, 5) is 10.6. The van der Waals surface area contributed by atoms with E-state index in [1.165, 1.54) is 13.5 Å². The van der Waals surface area contributed by atoms with Gasteiger partial charge in [-0.05, 0) is 12.1 Å². The van der Waals surface area contributed by atoms with Gasteiger partial charge in [-0.3, -0.25) is 4.79 Å². The molecule has 0 amide bonds. The van der Waals surface area contributed by atoms with Gasteiger partial charge in [-0.2, -0.15) is 0 Å². The Bertz CT molecular complexity index is 256. The van der Waals surface area contributed by atoms with Crippen LogP contribution in [0.15, 0.2) is 30.3 Å². The maximum atomic E-state index is 10.6. The quantitative estimate of drug-likeness (QED) is 0.656. The SMILES string of the molecule is COC(=O)[CH]COc1ccccc1. The van der Waals surface area contributed by atoms with Gasteiger partial charge in [0.15, 0.2) is 0 Å². The van der Waals surface area contributed by atoms with Crippen molar-refractivity contribution in [3.05, 3.63) is 36.8 Å². The van der Waals surface area contributed by atoms with E-state index in [1.54, 1.807) is 0 Å². The van der Waals surface area contributed by atoms with Crippen molar-refractivity contribution in [2.45, 2.75) is 0 Å². The van der Waals surface area contributed by atoms with E-state index in [-0.39, 0.29) is 12.6 Å². The number of hydrogen-bond donors (Lipinski definition) is 0. The minimum Gasteiger partial charge on any atom is -0.493 e. The normalized spacial score (nSPS) is 9.31. The molecule has 0 bridgehead atoms. The number of hydrogen-bond acceptors (Lipinski definition) is 3. The van der Waals surface area contributed by atoms with Crippen LogP contribution in [0.25, 0.3) is 0 Å². The van der Waals surface area contributed by atoms with Crippen LogP contribution in [0, 0.1) is 6.42 Å². The van der Waals surface area contributed by atoms with E-state index in [1.807, 2.05) is 30.3 Å². The summed E-state index contributed by atoms with van der Waals surface area (Å²) in [6, 6.07) is 9.29. The molecule has 0 N–H and O–H groups in total. The molecule has 69 valence electrons. The summed E-state index contributed by atoms with van der Waals surface area (Å²) < 4.78 is 9.64. The smallest absolute Gasteiger partial charge is 0.313 e. The lowest BCUT2D eigenvalue weighted by atomic mass is 10.3. The van der Waals surface area contributed by atoms with Gasteiger partial charge in [-0.1, -0.05) is 18.2 Å². The molecule has 0 fully saturated rings. The van der Waals surface area contributed by atoms with Crippen molar-refractivity contribution >= 4 is 5.97 Å². The average molecular weight is 179 g/mol. The second-order valence-electron chi connectivity index (χ2n) is 2.35. The summed E-state index contributed by atoms with van der Waals surface area (Å²) in [5, 5.41) is 0. The molecule has 0 unspecified atom stereocenters. The lowest BCUT2D eigenvalue weighted by molar-refractivity contribution is -0.136. The molecule has 0 aliphatic heterocycles. The molecule has 1 aromatic rings. The summed E-state index contributed by atoms with van der Waals surface area (Å²) in [7, 11) is 1.33. The van der Waals surface area contributed by atoms with Crippen LogP contribution < -0.4 is 4.74 Å². The minimum absolute atomic E-state index is 0.233. The van der Waals surface area contributed by atoms with E-state index in [2.05, 4.69) is 4.74 Å². The first-order chi connectivity index (χ1) is 6.33. The van der Waals surface area contributed by atoms with Crippen LogP contribution in [0.3, 0.4) is 0 Å². The molecule has 13 heavy (non-hydrogen) atoms. The third-order valence-corrected chi connectivity index (χ3v) is 1.44. The van der Waals surface area contributed by atoms with Crippen molar-refractivity contribution in [3.8, 4) is 5.75 Å². The van der Waals surface area contributed by atoms with E-state index in [0.29, 0.717) is 0 Å². The van der Waals surface area contributed by atoms with Gasteiger partial charge in [-0.25, -0.2) is 0 Å². The third kappa shape index (κ3) is 3.60. The monoisotopic (exact) mass is 179 g/mol. The summed E-state index contributed by atoms with van der Waals surface area (Å²) in [5.41, 5.74) is 0. The number of esters is 1. The summed E-state index contributed by atoms with van der Waals surface area (Å²) >= 11 is 0. The molecular formula is C10H11O3. The van der Waals surface area contributed by atoms with E-state index < -0.39 is 0 Å². The third-order valence-electron chi connectivity index (χ3n) is 1.44. The molecular weight excluding hydrogens is 168 g/mol. The van der Waals surface area contributed by atoms with E-state index >= 15 is 0 Å². The summed E-state index contributed by atoms with van der Waals surface area (Å²) in [6.45, 7) is 0.233. The lowest BCUT2D eigenvalue weighted by Crippen LogP contribution is -2.08. The fourth-order valence-corrected chi connectivity index (χ4v) is 0.806. The minimum atomic E-state index is -0.379. The van der Waals surface area contributed by atoms with Crippen molar-refractivity contribution < 1.29 is 14.3 Å². The van der Waals surface area contributed by atoms with Gasteiger partial charge in [0.05, 0.1) is 7.11 Å². The molecule has 1 radical (unpaired) electrons. The predicted molar refractivity (Wildman–Crippen MR) is 48.3 cm³/mol. The Kier molecular flexibility index (Phi) is 3.82. The molecule has 0 saturated heterocycles. The van der Waals surface area contributed by atoms with Crippen LogP contribution in [0.5, 0.6) is 5.75 Å². The number of carbonyl (C=O) groups is 1. The van der Waals surface area contributed by atoms with Crippen molar-refractivity contribution in [2.24, 2.45) is 0 Å². The second kappa shape index (κ2) is 5.19. The van der Waals surface area contributed by atoms with Crippen LogP contribution in [-0.4, -0.2) is 19.7 Å². The topological polar surface area (TPSA) is 35.5 Å². The highest BCUT2D eigenvalue weighted by Gasteiger charge is 2.00. The Morgan fingerprint density at radius 1 is 1.38 bits per heavy atom. The van der Waals surface area contributed by atoms with Gasteiger partial charge < -0.3 is 9.47 Å². The van der Waals surface area contributed by atoms with Crippen molar-refractivity contribution in [2.75, 3.05) is 13.7 Å². The Morgan fingerprint density at radius 2 is 2.08 bits per heavy atom. The largest absolute Gasteiger partial charge is 0.493 e. The van der Waals surface area contributed by atoms with Gasteiger partial charge in [0.2, 0.25) is 0 Å². The molecule has 0 spiro atoms. The number of rotatable bonds is 4. The van der Waals surface area contributed by atoms with Gasteiger partial charge >= 0.3 is 5.97 Å². The molecule has 0 aliphatic rings. The fraction of sp³-hybridized carbons (Fsp3) is 0.200. The van der Waals surface area contributed by atoms with Crippen LogP contribution in [-0.2, 0) is 9.53 Å². The molecule has 0 aromatic heterocycles. The van der Waals surface area contributed by atoms with Crippen LogP contribution >= 0.6 is 0 Å². The molecule has 0 atom stereocenters. The van der Waals surface area contributed by atoms with Crippen LogP contribution in [0.1, 0.15) is 0 Å². The Hall–Kier alpha value is -1.51. The first kappa shape index (κ1) is 9.58. The average Bonchev–Trinajstić information content (AvgIpc) is 2.19. The predicted octanol–water partition coefficient (Wildman–Crippen LogP) is 1.44. The summed E-state index contributed by atoms with van der Waals surface area (Å²) in [5.74, 6) is 0.360. The lowest BCUT2D eigenvalue weighted by Gasteiger charge is -2.03. The zero-order valence-electron chi connectivity index (χ0n) is 7.40. The number of methoxy groups -OCH3 is 1. The molecule has 1 aromatic carbocycles. The summed E-state index contributed by atoms with van der Waals surface area (Å²) in [6.07, 6.45) is 1.34. The zero-order valence-corrected chi connectivity index (χ0v) is 7.40. The van der Waals surface area contributed by atoms with Gasteiger partial charge in [0, 0.05) is 0 Å². The molecule has 0 heterocycles. The molecule has 0 aliphatic carbocycles. The van der Waals surface area contributed by atoms with Crippen LogP contribution in [0.4, 0.5) is 0 Å².